The molecule has 0 aromatic carbocycles. The lowest BCUT2D eigenvalue weighted by Gasteiger charge is -2.25. The van der Waals surface area contributed by atoms with Gasteiger partial charge in [0.25, 0.3) is 0 Å². The first-order chi connectivity index (χ1) is 11.8. The van der Waals surface area contributed by atoms with Crippen LogP contribution >= 0.6 is 0 Å². The van der Waals surface area contributed by atoms with Gasteiger partial charge in [-0.2, -0.15) is 5.10 Å². The van der Waals surface area contributed by atoms with Crippen LogP contribution in [0.1, 0.15) is 57.6 Å². The summed E-state index contributed by atoms with van der Waals surface area (Å²) in [4.78, 5) is 9.22. The van der Waals surface area contributed by atoms with Crippen molar-refractivity contribution in [2.75, 3.05) is 20.2 Å². The Balaban J connectivity index is 1.86. The van der Waals surface area contributed by atoms with E-state index in [0.29, 0.717) is 12.6 Å². The summed E-state index contributed by atoms with van der Waals surface area (Å²) in [5, 5.41) is 11.4. The third kappa shape index (κ3) is 5.78. The molecule has 24 heavy (non-hydrogen) atoms. The van der Waals surface area contributed by atoms with Gasteiger partial charge in [-0.3, -0.25) is 4.99 Å². The van der Waals surface area contributed by atoms with Crippen molar-refractivity contribution in [3.8, 4) is 0 Å². The minimum Gasteiger partial charge on any atom is -0.377 e. The third-order valence-electron chi connectivity index (χ3n) is 4.14. The number of aliphatic imine (C=N–C) groups is 1. The standard InChI is InChI=1S/C17H32N6O/c1-4-6-7-8-11-19-17(18-5-2)20-14-9-10-16-21-15(13-24-3)22-23(16)12-14/h14H,4-13H2,1-3H3,(H2,18,19,20). The molecule has 0 bridgehead atoms. The lowest BCUT2D eigenvalue weighted by atomic mass is 10.1. The van der Waals surface area contributed by atoms with Gasteiger partial charge < -0.3 is 15.4 Å². The molecule has 7 heteroatoms. The molecule has 0 saturated heterocycles. The number of rotatable bonds is 9. The predicted octanol–water partition coefficient (Wildman–Crippen LogP) is 1.87. The van der Waals surface area contributed by atoms with Gasteiger partial charge in [-0.1, -0.05) is 26.2 Å². The molecule has 0 spiro atoms. The van der Waals surface area contributed by atoms with Crippen LogP contribution in [0, 0.1) is 0 Å². The number of fused-ring (bicyclic) bond motifs is 1. The van der Waals surface area contributed by atoms with Crippen molar-refractivity contribution in [1.29, 1.82) is 0 Å². The number of ether oxygens (including phenoxy) is 1. The van der Waals surface area contributed by atoms with Gasteiger partial charge in [-0.25, -0.2) is 9.67 Å². The zero-order chi connectivity index (χ0) is 17.2. The van der Waals surface area contributed by atoms with Crippen LogP contribution in [0.2, 0.25) is 0 Å². The highest BCUT2D eigenvalue weighted by atomic mass is 16.5. The number of aryl methyl sites for hydroxylation is 1. The second kappa shape index (κ2) is 10.3. The highest BCUT2D eigenvalue weighted by Gasteiger charge is 2.22. The van der Waals surface area contributed by atoms with Crippen LogP contribution in [0.5, 0.6) is 0 Å². The molecule has 2 rings (SSSR count). The number of methoxy groups -OCH3 is 1. The Hall–Kier alpha value is -1.63. The largest absolute Gasteiger partial charge is 0.377 e. The summed E-state index contributed by atoms with van der Waals surface area (Å²) in [6.45, 7) is 7.39. The highest BCUT2D eigenvalue weighted by molar-refractivity contribution is 5.80. The van der Waals surface area contributed by atoms with Crippen LogP contribution in [-0.2, 0) is 24.3 Å². The zero-order valence-electron chi connectivity index (χ0n) is 15.3. The Morgan fingerprint density at radius 2 is 2.21 bits per heavy atom. The van der Waals surface area contributed by atoms with Crippen LogP contribution in [-0.4, -0.2) is 47.0 Å². The van der Waals surface area contributed by atoms with E-state index in [0.717, 1.165) is 56.5 Å². The average molecular weight is 336 g/mol. The number of hydrogen-bond acceptors (Lipinski definition) is 4. The number of hydrogen-bond donors (Lipinski definition) is 2. The second-order valence-electron chi connectivity index (χ2n) is 6.26. The normalized spacial score (nSPS) is 17.6. The Morgan fingerprint density at radius 1 is 1.33 bits per heavy atom. The van der Waals surface area contributed by atoms with Crippen LogP contribution in [0.25, 0.3) is 0 Å². The number of nitrogens with one attached hydrogen (secondary N) is 2. The van der Waals surface area contributed by atoms with E-state index in [-0.39, 0.29) is 0 Å². The number of nitrogens with zero attached hydrogens (tertiary/aromatic N) is 4. The molecule has 1 aromatic heterocycles. The minimum absolute atomic E-state index is 0.336. The Bertz CT molecular complexity index is 513. The average Bonchev–Trinajstić information content (AvgIpc) is 2.97. The molecular formula is C17H32N6O. The van der Waals surface area contributed by atoms with Gasteiger partial charge in [-0.05, 0) is 19.8 Å². The molecule has 1 atom stereocenters. The first-order valence-corrected chi connectivity index (χ1v) is 9.23. The molecule has 0 saturated carbocycles. The maximum absolute atomic E-state index is 5.12. The molecule has 2 N–H and O–H groups in total. The quantitative estimate of drug-likeness (QED) is 0.409. The number of unbranched alkanes of at least 4 members (excludes halogenated alkanes) is 3. The number of guanidine groups is 1. The van der Waals surface area contributed by atoms with E-state index in [4.69, 9.17) is 9.73 Å². The van der Waals surface area contributed by atoms with E-state index in [1.165, 1.54) is 19.3 Å². The van der Waals surface area contributed by atoms with Gasteiger partial charge in [0.05, 0.1) is 6.54 Å². The summed E-state index contributed by atoms with van der Waals surface area (Å²) < 4.78 is 7.12. The van der Waals surface area contributed by atoms with E-state index < -0.39 is 0 Å². The van der Waals surface area contributed by atoms with Crippen molar-refractivity contribution in [3.05, 3.63) is 11.6 Å². The van der Waals surface area contributed by atoms with Crippen molar-refractivity contribution in [3.63, 3.8) is 0 Å². The van der Waals surface area contributed by atoms with Crippen molar-refractivity contribution < 1.29 is 4.74 Å². The topological polar surface area (TPSA) is 76.4 Å². The fraction of sp³-hybridized carbons (Fsp3) is 0.824. The van der Waals surface area contributed by atoms with E-state index in [1.807, 2.05) is 4.68 Å². The van der Waals surface area contributed by atoms with Crippen LogP contribution in [0.15, 0.2) is 4.99 Å². The molecule has 0 amide bonds. The molecule has 0 aliphatic carbocycles. The van der Waals surface area contributed by atoms with Gasteiger partial charge in [0.2, 0.25) is 0 Å². The maximum atomic E-state index is 5.12. The number of aromatic nitrogens is 3. The maximum Gasteiger partial charge on any atom is 0.191 e. The fourth-order valence-corrected chi connectivity index (χ4v) is 2.91. The first kappa shape index (κ1) is 18.7. The van der Waals surface area contributed by atoms with Crippen LogP contribution in [0.4, 0.5) is 0 Å². The van der Waals surface area contributed by atoms with Gasteiger partial charge in [-0.15, -0.1) is 0 Å². The SMILES string of the molecule is CCCCCCN=C(NCC)NC1CCc2nc(COC)nn2C1. The van der Waals surface area contributed by atoms with E-state index in [2.05, 4.69) is 34.6 Å². The molecule has 1 unspecified atom stereocenters. The summed E-state index contributed by atoms with van der Waals surface area (Å²) in [6, 6.07) is 0.336. The van der Waals surface area contributed by atoms with Gasteiger partial charge >= 0.3 is 0 Å². The molecule has 1 aliphatic heterocycles. The van der Waals surface area contributed by atoms with E-state index >= 15 is 0 Å². The highest BCUT2D eigenvalue weighted by Crippen LogP contribution is 2.13. The Morgan fingerprint density at radius 3 is 2.96 bits per heavy atom. The summed E-state index contributed by atoms with van der Waals surface area (Å²) in [6.07, 6.45) is 6.95. The monoisotopic (exact) mass is 336 g/mol. The molecule has 1 aliphatic rings. The van der Waals surface area contributed by atoms with Crippen LogP contribution in [0.3, 0.4) is 0 Å². The van der Waals surface area contributed by atoms with Crippen molar-refractivity contribution in [2.45, 2.75) is 71.6 Å². The molecule has 0 radical (unpaired) electrons. The van der Waals surface area contributed by atoms with Crippen LogP contribution < -0.4 is 10.6 Å². The Kier molecular flexibility index (Phi) is 8.01. The molecule has 136 valence electrons. The summed E-state index contributed by atoms with van der Waals surface area (Å²) in [5.41, 5.74) is 0. The third-order valence-corrected chi connectivity index (χ3v) is 4.14. The summed E-state index contributed by atoms with van der Waals surface area (Å²) >= 11 is 0. The molecule has 7 nitrogen and oxygen atoms in total. The minimum atomic E-state index is 0.336. The van der Waals surface area contributed by atoms with Crippen molar-refractivity contribution in [1.82, 2.24) is 25.4 Å². The van der Waals surface area contributed by atoms with Crippen molar-refractivity contribution >= 4 is 5.96 Å². The first-order valence-electron chi connectivity index (χ1n) is 9.23. The summed E-state index contributed by atoms with van der Waals surface area (Å²) in [7, 11) is 1.67. The lowest BCUT2D eigenvalue weighted by Crippen LogP contribution is -2.47. The van der Waals surface area contributed by atoms with Gasteiger partial charge in [0.1, 0.15) is 12.4 Å². The fourth-order valence-electron chi connectivity index (χ4n) is 2.91. The zero-order valence-corrected chi connectivity index (χ0v) is 15.3. The van der Waals surface area contributed by atoms with Gasteiger partial charge in [0.15, 0.2) is 11.8 Å². The molecule has 1 aromatic rings. The molecule has 2 heterocycles. The lowest BCUT2D eigenvalue weighted by molar-refractivity contribution is 0.177. The Labute approximate surface area is 145 Å². The second-order valence-corrected chi connectivity index (χ2v) is 6.26. The van der Waals surface area contributed by atoms with E-state index in [1.54, 1.807) is 7.11 Å². The van der Waals surface area contributed by atoms with Gasteiger partial charge in [0, 0.05) is 32.7 Å². The molecular weight excluding hydrogens is 304 g/mol. The van der Waals surface area contributed by atoms with Crippen molar-refractivity contribution in [2.24, 2.45) is 4.99 Å². The smallest absolute Gasteiger partial charge is 0.191 e. The predicted molar refractivity (Wildman–Crippen MR) is 96.1 cm³/mol. The summed E-state index contributed by atoms with van der Waals surface area (Å²) in [5.74, 6) is 2.74. The van der Waals surface area contributed by atoms with E-state index in [9.17, 15) is 0 Å². The molecule has 0 fully saturated rings.